The van der Waals surface area contributed by atoms with Gasteiger partial charge in [0.25, 0.3) is 5.91 Å². The predicted octanol–water partition coefficient (Wildman–Crippen LogP) is 4.26. The van der Waals surface area contributed by atoms with Crippen molar-refractivity contribution in [1.82, 2.24) is 5.32 Å². The van der Waals surface area contributed by atoms with Gasteiger partial charge in [0, 0.05) is 16.5 Å². The van der Waals surface area contributed by atoms with E-state index in [2.05, 4.69) is 42.0 Å². The minimum absolute atomic E-state index is 0.0170. The molecule has 1 amide bonds. The molecule has 2 aromatic carbocycles. The molecule has 0 aliphatic rings. The Morgan fingerprint density at radius 1 is 1.08 bits per heavy atom. The maximum absolute atomic E-state index is 12.6. The molecule has 2 rings (SSSR count). The number of rotatable bonds is 5. The van der Waals surface area contributed by atoms with Crippen LogP contribution in [-0.4, -0.2) is 25.0 Å². The summed E-state index contributed by atoms with van der Waals surface area (Å²) in [6.45, 7) is 6.35. The Morgan fingerprint density at radius 3 is 2.23 bits per heavy atom. The molecule has 26 heavy (non-hydrogen) atoms. The van der Waals surface area contributed by atoms with Crippen molar-refractivity contribution in [1.29, 1.82) is 0 Å². The summed E-state index contributed by atoms with van der Waals surface area (Å²) in [5.41, 5.74) is 2.60. The molecule has 138 valence electrons. The second kappa shape index (κ2) is 8.49. The van der Waals surface area contributed by atoms with Crippen LogP contribution >= 0.6 is 15.9 Å². The molecule has 4 nitrogen and oxygen atoms in total. The van der Waals surface area contributed by atoms with Crippen LogP contribution in [0.5, 0.6) is 0 Å². The van der Waals surface area contributed by atoms with Crippen molar-refractivity contribution in [2.24, 2.45) is 0 Å². The van der Waals surface area contributed by atoms with Crippen LogP contribution in [0, 0.1) is 0 Å². The number of methoxy groups -OCH3 is 1. The van der Waals surface area contributed by atoms with Gasteiger partial charge in [0.05, 0.1) is 7.11 Å². The Bertz CT molecular complexity index is 779. The number of halogens is 1. The Balaban J connectivity index is 2.16. The number of amides is 1. The minimum atomic E-state index is -0.756. The predicted molar refractivity (Wildman–Crippen MR) is 106 cm³/mol. The fourth-order valence-electron chi connectivity index (χ4n) is 2.58. The maximum Gasteiger partial charge on any atom is 0.328 e. The molecule has 0 saturated carbocycles. The lowest BCUT2D eigenvalue weighted by atomic mass is 9.86. The Hall–Kier alpha value is -2.14. The lowest BCUT2D eigenvalue weighted by Gasteiger charge is -2.20. The largest absolute Gasteiger partial charge is 0.467 e. The minimum Gasteiger partial charge on any atom is -0.467 e. The summed E-state index contributed by atoms with van der Waals surface area (Å²) < 4.78 is 5.74. The molecule has 1 atom stereocenters. The SMILES string of the molecule is COC(=O)[C@@H](Cc1ccccc1Br)NC(=O)c1ccc(C(C)(C)C)cc1. The highest BCUT2D eigenvalue weighted by Crippen LogP contribution is 2.22. The summed E-state index contributed by atoms with van der Waals surface area (Å²) in [6, 6.07) is 14.3. The van der Waals surface area contributed by atoms with Crippen molar-refractivity contribution in [3.63, 3.8) is 0 Å². The normalized spacial score (nSPS) is 12.3. The quantitative estimate of drug-likeness (QED) is 0.739. The number of carbonyl (C=O) groups is 2. The van der Waals surface area contributed by atoms with Crippen LogP contribution in [0.1, 0.15) is 42.3 Å². The van der Waals surface area contributed by atoms with Gasteiger partial charge in [-0.25, -0.2) is 4.79 Å². The van der Waals surface area contributed by atoms with Gasteiger partial charge in [-0.3, -0.25) is 4.79 Å². The van der Waals surface area contributed by atoms with Crippen molar-refractivity contribution in [2.45, 2.75) is 38.6 Å². The van der Waals surface area contributed by atoms with Crippen LogP contribution in [0.25, 0.3) is 0 Å². The van der Waals surface area contributed by atoms with Crippen LogP contribution in [0.3, 0.4) is 0 Å². The molecule has 0 aromatic heterocycles. The van der Waals surface area contributed by atoms with E-state index in [1.54, 1.807) is 12.1 Å². The molecular weight excluding hydrogens is 394 g/mol. The van der Waals surface area contributed by atoms with Crippen LogP contribution in [0.15, 0.2) is 53.0 Å². The van der Waals surface area contributed by atoms with Gasteiger partial charge >= 0.3 is 5.97 Å². The molecule has 0 aliphatic carbocycles. The Morgan fingerprint density at radius 2 is 1.69 bits per heavy atom. The zero-order valence-electron chi connectivity index (χ0n) is 15.5. The van der Waals surface area contributed by atoms with Gasteiger partial charge in [-0.2, -0.15) is 0 Å². The van der Waals surface area contributed by atoms with Gasteiger partial charge in [-0.15, -0.1) is 0 Å². The number of hydrogen-bond donors (Lipinski definition) is 1. The van der Waals surface area contributed by atoms with Gasteiger partial charge in [-0.05, 0) is 34.7 Å². The number of esters is 1. The highest BCUT2D eigenvalue weighted by molar-refractivity contribution is 9.10. The Kier molecular flexibility index (Phi) is 6.59. The zero-order chi connectivity index (χ0) is 19.3. The number of nitrogens with one attached hydrogen (secondary N) is 1. The summed E-state index contributed by atoms with van der Waals surface area (Å²) in [6.07, 6.45) is 0.347. The number of benzene rings is 2. The van der Waals surface area contributed by atoms with E-state index in [1.165, 1.54) is 7.11 Å². The molecule has 5 heteroatoms. The first-order valence-corrected chi connectivity index (χ1v) is 9.24. The first kappa shape index (κ1) is 20.2. The van der Waals surface area contributed by atoms with Crippen molar-refractivity contribution in [2.75, 3.05) is 7.11 Å². The Labute approximate surface area is 163 Å². The molecule has 1 N–H and O–H groups in total. The van der Waals surface area contributed by atoms with Crippen molar-refractivity contribution in [3.05, 3.63) is 69.7 Å². The third-order valence-electron chi connectivity index (χ3n) is 4.19. The van der Waals surface area contributed by atoms with E-state index < -0.39 is 12.0 Å². The van der Waals surface area contributed by atoms with Crippen molar-refractivity contribution < 1.29 is 14.3 Å². The number of hydrogen-bond acceptors (Lipinski definition) is 3. The number of ether oxygens (including phenoxy) is 1. The fraction of sp³-hybridized carbons (Fsp3) is 0.333. The van der Waals surface area contributed by atoms with E-state index in [1.807, 2.05) is 36.4 Å². The van der Waals surface area contributed by atoms with Crippen LogP contribution in [0.4, 0.5) is 0 Å². The molecule has 0 bridgehead atoms. The summed E-state index contributed by atoms with van der Waals surface area (Å²) in [5.74, 6) is -0.770. The maximum atomic E-state index is 12.6. The standard InChI is InChI=1S/C21H24BrNO3/c1-21(2,3)16-11-9-14(10-12-16)19(24)23-18(20(25)26-4)13-15-7-5-6-8-17(15)22/h5-12,18H,13H2,1-4H3,(H,23,24)/t18-/m1/s1. The van der Waals surface area contributed by atoms with E-state index in [0.717, 1.165) is 15.6 Å². The summed E-state index contributed by atoms with van der Waals surface area (Å²) in [5, 5.41) is 2.78. The van der Waals surface area contributed by atoms with Gasteiger partial charge in [0.15, 0.2) is 0 Å². The zero-order valence-corrected chi connectivity index (χ0v) is 17.1. The van der Waals surface area contributed by atoms with Crippen LogP contribution < -0.4 is 5.32 Å². The molecule has 0 fully saturated rings. The highest BCUT2D eigenvalue weighted by Gasteiger charge is 2.23. The van der Waals surface area contributed by atoms with Crippen LogP contribution in [-0.2, 0) is 21.4 Å². The molecule has 0 spiro atoms. The summed E-state index contributed by atoms with van der Waals surface area (Å²) in [4.78, 5) is 24.7. The molecule has 0 saturated heterocycles. The monoisotopic (exact) mass is 417 g/mol. The lowest BCUT2D eigenvalue weighted by Crippen LogP contribution is -2.43. The van der Waals surface area contributed by atoms with Crippen LogP contribution in [0.2, 0.25) is 0 Å². The molecule has 0 heterocycles. The second-order valence-corrected chi connectivity index (χ2v) is 8.03. The third kappa shape index (κ3) is 5.18. The van der Waals surface area contributed by atoms with E-state index in [-0.39, 0.29) is 11.3 Å². The first-order chi connectivity index (χ1) is 12.2. The van der Waals surface area contributed by atoms with Gasteiger partial charge in [0.2, 0.25) is 0 Å². The average molecular weight is 418 g/mol. The van der Waals surface area contributed by atoms with E-state index in [0.29, 0.717) is 12.0 Å². The lowest BCUT2D eigenvalue weighted by molar-refractivity contribution is -0.142. The van der Waals surface area contributed by atoms with E-state index in [4.69, 9.17) is 4.74 Å². The third-order valence-corrected chi connectivity index (χ3v) is 4.96. The summed E-state index contributed by atoms with van der Waals surface area (Å²) >= 11 is 3.47. The van der Waals surface area contributed by atoms with Gasteiger partial charge in [-0.1, -0.05) is 67.0 Å². The highest BCUT2D eigenvalue weighted by atomic mass is 79.9. The molecule has 2 aromatic rings. The number of carbonyl (C=O) groups excluding carboxylic acids is 2. The average Bonchev–Trinajstić information content (AvgIpc) is 2.61. The molecule has 0 radical (unpaired) electrons. The van der Waals surface area contributed by atoms with E-state index in [9.17, 15) is 9.59 Å². The topological polar surface area (TPSA) is 55.4 Å². The summed E-state index contributed by atoms with van der Waals surface area (Å²) in [7, 11) is 1.32. The van der Waals surface area contributed by atoms with Gasteiger partial charge in [0.1, 0.15) is 6.04 Å². The van der Waals surface area contributed by atoms with Crippen molar-refractivity contribution >= 4 is 27.8 Å². The van der Waals surface area contributed by atoms with Crippen molar-refractivity contribution in [3.8, 4) is 0 Å². The molecular formula is C21H24BrNO3. The smallest absolute Gasteiger partial charge is 0.328 e. The first-order valence-electron chi connectivity index (χ1n) is 8.45. The van der Waals surface area contributed by atoms with E-state index >= 15 is 0 Å². The van der Waals surface area contributed by atoms with Gasteiger partial charge < -0.3 is 10.1 Å². The molecule has 0 unspecified atom stereocenters. The molecule has 0 aliphatic heterocycles. The fourth-order valence-corrected chi connectivity index (χ4v) is 3.03. The second-order valence-electron chi connectivity index (χ2n) is 7.17.